The molecule has 0 unspecified atom stereocenters. The Morgan fingerprint density at radius 3 is 2.64 bits per heavy atom. The Hall–Kier alpha value is -2.89. The van der Waals surface area contributed by atoms with E-state index in [0.29, 0.717) is 18.3 Å². The highest BCUT2D eigenvalue weighted by Gasteiger charge is 2.19. The van der Waals surface area contributed by atoms with Gasteiger partial charge in [-0.2, -0.15) is 0 Å². The first-order valence-corrected chi connectivity index (χ1v) is 8.39. The van der Waals surface area contributed by atoms with Crippen LogP contribution in [0.25, 0.3) is 17.1 Å². The summed E-state index contributed by atoms with van der Waals surface area (Å²) < 4.78 is 6.83. The van der Waals surface area contributed by atoms with Crippen molar-refractivity contribution in [2.24, 2.45) is 5.92 Å². The van der Waals surface area contributed by atoms with E-state index in [9.17, 15) is 4.79 Å². The van der Waals surface area contributed by atoms with Gasteiger partial charge in [0.2, 0.25) is 5.82 Å². The van der Waals surface area contributed by atoms with Gasteiger partial charge in [-0.05, 0) is 37.5 Å². The molecule has 1 N–H and O–H groups in total. The van der Waals surface area contributed by atoms with Crippen LogP contribution in [-0.2, 0) is 0 Å². The van der Waals surface area contributed by atoms with Gasteiger partial charge in [-0.25, -0.2) is 9.67 Å². The van der Waals surface area contributed by atoms with Crippen molar-refractivity contribution in [1.29, 1.82) is 0 Å². The van der Waals surface area contributed by atoms with Gasteiger partial charge in [-0.15, -0.1) is 5.10 Å². The van der Waals surface area contributed by atoms with Gasteiger partial charge in [0.1, 0.15) is 6.26 Å². The summed E-state index contributed by atoms with van der Waals surface area (Å²) in [5.41, 5.74) is 2.77. The second-order valence-corrected chi connectivity index (χ2v) is 6.46. The minimum absolute atomic E-state index is 0.153. The van der Waals surface area contributed by atoms with Crippen molar-refractivity contribution < 1.29 is 9.21 Å². The van der Waals surface area contributed by atoms with Crippen LogP contribution in [-0.4, -0.2) is 27.2 Å². The first kappa shape index (κ1) is 17.0. The topological polar surface area (TPSA) is 73.0 Å². The van der Waals surface area contributed by atoms with E-state index >= 15 is 0 Å². The van der Waals surface area contributed by atoms with Crippen LogP contribution >= 0.6 is 0 Å². The van der Waals surface area contributed by atoms with E-state index < -0.39 is 0 Å². The van der Waals surface area contributed by atoms with E-state index in [2.05, 4.69) is 29.2 Å². The van der Waals surface area contributed by atoms with Crippen molar-refractivity contribution in [3.05, 3.63) is 54.2 Å². The minimum Gasteiger partial charge on any atom is -0.472 e. The fourth-order valence-electron chi connectivity index (χ4n) is 2.41. The average Bonchev–Trinajstić information content (AvgIpc) is 3.24. The van der Waals surface area contributed by atoms with Crippen LogP contribution < -0.4 is 5.32 Å². The summed E-state index contributed by atoms with van der Waals surface area (Å²) >= 11 is 0. The van der Waals surface area contributed by atoms with Gasteiger partial charge in [0, 0.05) is 6.54 Å². The standard InChI is InChI=1S/C19H22N4O2/c1-13(2)8-10-20-19(24)17-21-18(15-9-11-25-12-15)23(22-17)16-6-4-14(3)5-7-16/h4-7,9,11-13H,8,10H2,1-3H3,(H,20,24). The van der Waals surface area contributed by atoms with Crippen LogP contribution in [0.15, 0.2) is 47.3 Å². The lowest BCUT2D eigenvalue weighted by Gasteiger charge is -2.05. The summed E-state index contributed by atoms with van der Waals surface area (Å²) in [6.45, 7) is 6.87. The molecule has 0 atom stereocenters. The number of amides is 1. The Balaban J connectivity index is 1.92. The maximum absolute atomic E-state index is 12.4. The number of hydrogen-bond donors (Lipinski definition) is 1. The third-order valence-corrected chi connectivity index (χ3v) is 3.88. The number of carbonyl (C=O) groups is 1. The quantitative estimate of drug-likeness (QED) is 0.745. The van der Waals surface area contributed by atoms with Crippen molar-refractivity contribution in [1.82, 2.24) is 20.1 Å². The maximum atomic E-state index is 12.4. The Kier molecular flexibility index (Phi) is 4.97. The lowest BCUT2D eigenvalue weighted by atomic mass is 10.1. The second kappa shape index (κ2) is 7.34. The number of benzene rings is 1. The minimum atomic E-state index is -0.267. The number of hydrogen-bond acceptors (Lipinski definition) is 4. The summed E-state index contributed by atoms with van der Waals surface area (Å²) in [6, 6.07) is 9.70. The maximum Gasteiger partial charge on any atom is 0.290 e. The zero-order chi connectivity index (χ0) is 17.8. The van der Waals surface area contributed by atoms with E-state index in [1.165, 1.54) is 0 Å². The fourth-order valence-corrected chi connectivity index (χ4v) is 2.41. The molecule has 0 aliphatic rings. The van der Waals surface area contributed by atoms with Crippen molar-refractivity contribution in [2.45, 2.75) is 27.2 Å². The summed E-state index contributed by atoms with van der Waals surface area (Å²) in [5, 5.41) is 7.29. The van der Waals surface area contributed by atoms with Gasteiger partial charge in [0.25, 0.3) is 5.91 Å². The largest absolute Gasteiger partial charge is 0.472 e. The number of carbonyl (C=O) groups excluding carboxylic acids is 1. The molecule has 0 spiro atoms. The Bertz CT molecular complexity index is 833. The monoisotopic (exact) mass is 338 g/mol. The number of aryl methyl sites for hydroxylation is 1. The number of aromatic nitrogens is 3. The van der Waals surface area contributed by atoms with Crippen LogP contribution in [0.1, 0.15) is 36.5 Å². The highest BCUT2D eigenvalue weighted by molar-refractivity contribution is 5.91. The summed E-state index contributed by atoms with van der Waals surface area (Å²) in [4.78, 5) is 16.8. The van der Waals surface area contributed by atoms with Crippen LogP contribution in [0.2, 0.25) is 0 Å². The first-order chi connectivity index (χ1) is 12.0. The Morgan fingerprint density at radius 1 is 1.24 bits per heavy atom. The predicted octanol–water partition coefficient (Wildman–Crippen LogP) is 3.61. The Morgan fingerprint density at radius 2 is 2.00 bits per heavy atom. The van der Waals surface area contributed by atoms with Crippen molar-refractivity contribution in [3.63, 3.8) is 0 Å². The lowest BCUT2D eigenvalue weighted by molar-refractivity contribution is 0.0941. The molecule has 0 aliphatic heterocycles. The van der Waals surface area contributed by atoms with Crippen LogP contribution in [0.4, 0.5) is 0 Å². The number of nitrogens with zero attached hydrogens (tertiary/aromatic N) is 3. The van der Waals surface area contributed by atoms with Crippen molar-refractivity contribution >= 4 is 5.91 Å². The normalized spacial score (nSPS) is 11.0. The summed E-state index contributed by atoms with van der Waals surface area (Å²) in [5.74, 6) is 0.989. The number of rotatable bonds is 6. The van der Waals surface area contributed by atoms with Gasteiger partial charge in [-0.3, -0.25) is 4.79 Å². The predicted molar refractivity (Wildman–Crippen MR) is 95.6 cm³/mol. The molecule has 25 heavy (non-hydrogen) atoms. The van der Waals surface area contributed by atoms with E-state index in [1.807, 2.05) is 31.2 Å². The smallest absolute Gasteiger partial charge is 0.290 e. The molecule has 6 heteroatoms. The SMILES string of the molecule is Cc1ccc(-n2nc(C(=O)NCCC(C)C)nc2-c2ccoc2)cc1. The van der Waals surface area contributed by atoms with Crippen LogP contribution in [0, 0.1) is 12.8 Å². The van der Waals surface area contributed by atoms with Crippen LogP contribution in [0.3, 0.4) is 0 Å². The van der Waals surface area contributed by atoms with Gasteiger partial charge in [0.15, 0.2) is 5.82 Å². The molecule has 2 aromatic heterocycles. The average molecular weight is 338 g/mol. The molecular weight excluding hydrogens is 316 g/mol. The molecule has 130 valence electrons. The molecule has 0 bridgehead atoms. The summed E-state index contributed by atoms with van der Waals surface area (Å²) in [7, 11) is 0. The molecule has 0 radical (unpaired) electrons. The van der Waals surface area contributed by atoms with E-state index in [0.717, 1.165) is 23.2 Å². The lowest BCUT2D eigenvalue weighted by Crippen LogP contribution is -2.26. The fraction of sp³-hybridized carbons (Fsp3) is 0.316. The number of nitrogens with one attached hydrogen (secondary N) is 1. The van der Waals surface area contributed by atoms with Gasteiger partial charge >= 0.3 is 0 Å². The van der Waals surface area contributed by atoms with E-state index in [4.69, 9.17) is 4.42 Å². The van der Waals surface area contributed by atoms with Crippen molar-refractivity contribution in [3.8, 4) is 17.1 Å². The van der Waals surface area contributed by atoms with E-state index in [1.54, 1.807) is 23.3 Å². The molecular formula is C19H22N4O2. The zero-order valence-corrected chi connectivity index (χ0v) is 14.7. The molecule has 0 aliphatic carbocycles. The van der Waals surface area contributed by atoms with Crippen LogP contribution in [0.5, 0.6) is 0 Å². The van der Waals surface area contributed by atoms with Crippen molar-refractivity contribution in [2.75, 3.05) is 6.54 Å². The zero-order valence-electron chi connectivity index (χ0n) is 14.7. The third kappa shape index (κ3) is 3.96. The second-order valence-electron chi connectivity index (χ2n) is 6.46. The molecule has 3 aromatic rings. The molecule has 0 fully saturated rings. The third-order valence-electron chi connectivity index (χ3n) is 3.88. The van der Waals surface area contributed by atoms with Gasteiger partial charge < -0.3 is 9.73 Å². The Labute approximate surface area is 146 Å². The molecule has 6 nitrogen and oxygen atoms in total. The summed E-state index contributed by atoms with van der Waals surface area (Å²) in [6.07, 6.45) is 4.08. The molecule has 0 saturated carbocycles. The molecule has 3 rings (SSSR count). The van der Waals surface area contributed by atoms with Gasteiger partial charge in [0.05, 0.1) is 17.5 Å². The highest BCUT2D eigenvalue weighted by Crippen LogP contribution is 2.22. The molecule has 1 amide bonds. The van der Waals surface area contributed by atoms with Gasteiger partial charge in [-0.1, -0.05) is 31.5 Å². The van der Waals surface area contributed by atoms with E-state index in [-0.39, 0.29) is 11.7 Å². The first-order valence-electron chi connectivity index (χ1n) is 8.39. The highest BCUT2D eigenvalue weighted by atomic mass is 16.3. The molecule has 0 saturated heterocycles. The number of furan rings is 1. The molecule has 1 aromatic carbocycles. The molecule has 2 heterocycles.